The van der Waals surface area contributed by atoms with Gasteiger partial charge in [-0.1, -0.05) is 0 Å². The predicted octanol–water partition coefficient (Wildman–Crippen LogP) is 0.289. The summed E-state index contributed by atoms with van der Waals surface area (Å²) in [6, 6.07) is 0. The highest BCUT2D eigenvalue weighted by atomic mass is 16.3. The second-order valence-electron chi connectivity index (χ2n) is 2.43. The van der Waals surface area contributed by atoms with Gasteiger partial charge in [0.2, 0.25) is 5.91 Å². The van der Waals surface area contributed by atoms with Crippen LogP contribution in [-0.2, 0) is 9.90 Å². The molecular formula is C6H10NO2. The third-order valence-electron chi connectivity index (χ3n) is 1.29. The molecule has 1 atom stereocenters. The highest BCUT2D eigenvalue weighted by Crippen LogP contribution is 2.28. The molecule has 0 bridgehead atoms. The Hall–Kier alpha value is -0.570. The zero-order valence-electron chi connectivity index (χ0n) is 5.39. The van der Waals surface area contributed by atoms with Gasteiger partial charge in [0.1, 0.15) is 0 Å². The highest BCUT2D eigenvalue weighted by Gasteiger charge is 2.29. The van der Waals surface area contributed by atoms with Crippen molar-refractivity contribution < 1.29 is 9.90 Å². The van der Waals surface area contributed by atoms with Crippen molar-refractivity contribution >= 4 is 5.91 Å². The lowest BCUT2D eigenvalue weighted by Crippen LogP contribution is -2.32. The molecule has 0 spiro atoms. The molecule has 3 nitrogen and oxygen atoms in total. The van der Waals surface area contributed by atoms with Crippen molar-refractivity contribution in [1.29, 1.82) is 0 Å². The van der Waals surface area contributed by atoms with Gasteiger partial charge < -0.3 is 5.32 Å². The Balaban J connectivity index is 2.18. The van der Waals surface area contributed by atoms with Gasteiger partial charge in [-0.15, -0.1) is 0 Å². The number of carbonyl (C=O) groups is 1. The third-order valence-corrected chi connectivity index (χ3v) is 1.29. The molecule has 1 amide bonds. The summed E-state index contributed by atoms with van der Waals surface area (Å²) < 4.78 is 0. The summed E-state index contributed by atoms with van der Waals surface area (Å²) in [5, 5.41) is 12.6. The lowest BCUT2D eigenvalue weighted by atomic mass is 10.4. The molecule has 0 aliphatic heterocycles. The third kappa shape index (κ3) is 2.01. The van der Waals surface area contributed by atoms with E-state index in [0.29, 0.717) is 0 Å². The minimum Gasteiger partial charge on any atom is -0.328 e. The van der Waals surface area contributed by atoms with Crippen LogP contribution in [0.15, 0.2) is 0 Å². The van der Waals surface area contributed by atoms with Crippen molar-refractivity contribution in [3.05, 3.63) is 0 Å². The molecule has 0 heterocycles. The molecule has 3 heteroatoms. The van der Waals surface area contributed by atoms with Crippen LogP contribution in [0.25, 0.3) is 0 Å². The maximum atomic E-state index is 10.7. The van der Waals surface area contributed by atoms with E-state index in [1.807, 2.05) is 0 Å². The minimum atomic E-state index is -0.946. The van der Waals surface area contributed by atoms with Crippen LogP contribution < -0.4 is 5.32 Å². The van der Waals surface area contributed by atoms with E-state index in [-0.39, 0.29) is 11.8 Å². The smallest absolute Gasteiger partial charge is 0.225 e. The van der Waals surface area contributed by atoms with Crippen molar-refractivity contribution in [2.75, 3.05) is 0 Å². The molecule has 9 heavy (non-hydrogen) atoms. The van der Waals surface area contributed by atoms with E-state index < -0.39 is 6.23 Å². The fourth-order valence-electron chi connectivity index (χ4n) is 0.664. The maximum absolute atomic E-state index is 10.7. The number of hydrogen-bond acceptors (Lipinski definition) is 1. The maximum Gasteiger partial charge on any atom is 0.225 e. The normalized spacial score (nSPS) is 21.1. The van der Waals surface area contributed by atoms with Gasteiger partial charge in [0.05, 0.1) is 0 Å². The Labute approximate surface area is 54.1 Å². The van der Waals surface area contributed by atoms with Gasteiger partial charge in [-0.05, 0) is 19.8 Å². The first kappa shape index (κ1) is 6.55. The second-order valence-corrected chi connectivity index (χ2v) is 2.43. The summed E-state index contributed by atoms with van der Waals surface area (Å²) in [7, 11) is 0. The molecule has 0 aromatic heterocycles. The van der Waals surface area contributed by atoms with E-state index in [0.717, 1.165) is 12.8 Å². The zero-order valence-corrected chi connectivity index (χ0v) is 5.39. The van der Waals surface area contributed by atoms with Gasteiger partial charge in [-0.2, -0.15) is 0 Å². The van der Waals surface area contributed by atoms with Crippen LogP contribution >= 0.6 is 0 Å². The molecule has 1 fully saturated rings. The van der Waals surface area contributed by atoms with E-state index in [4.69, 9.17) is 0 Å². The summed E-state index contributed by atoms with van der Waals surface area (Å²) >= 11 is 0. The van der Waals surface area contributed by atoms with Crippen LogP contribution in [0.1, 0.15) is 19.8 Å². The molecule has 0 aromatic carbocycles. The molecule has 0 aromatic rings. The Morgan fingerprint density at radius 3 is 2.56 bits per heavy atom. The Bertz CT molecular complexity index is 118. The topological polar surface area (TPSA) is 49.0 Å². The van der Waals surface area contributed by atoms with Crippen molar-refractivity contribution in [3.63, 3.8) is 0 Å². The molecule has 1 rings (SSSR count). The first-order chi connectivity index (χ1) is 4.20. The van der Waals surface area contributed by atoms with Crippen molar-refractivity contribution in [2.24, 2.45) is 5.92 Å². The quantitative estimate of drug-likeness (QED) is 0.534. The summed E-state index contributed by atoms with van der Waals surface area (Å²) in [6.45, 7) is 1.43. The molecule has 1 N–H and O–H groups in total. The Morgan fingerprint density at radius 2 is 2.22 bits per heavy atom. The predicted molar refractivity (Wildman–Crippen MR) is 31.0 cm³/mol. The van der Waals surface area contributed by atoms with Crippen LogP contribution in [0.5, 0.6) is 0 Å². The monoisotopic (exact) mass is 128 g/mol. The van der Waals surface area contributed by atoms with Gasteiger partial charge in [0, 0.05) is 5.92 Å². The first-order valence-electron chi connectivity index (χ1n) is 3.16. The van der Waals surface area contributed by atoms with Crippen LogP contribution in [0.4, 0.5) is 0 Å². The molecule has 1 saturated carbocycles. The van der Waals surface area contributed by atoms with Gasteiger partial charge in [0.15, 0.2) is 6.23 Å². The largest absolute Gasteiger partial charge is 0.328 e. The van der Waals surface area contributed by atoms with Gasteiger partial charge in [0.25, 0.3) is 0 Å². The zero-order chi connectivity index (χ0) is 6.85. The van der Waals surface area contributed by atoms with Gasteiger partial charge in [-0.25, -0.2) is 5.11 Å². The number of amides is 1. The molecule has 1 aliphatic carbocycles. The molecule has 1 radical (unpaired) electrons. The average Bonchev–Trinajstić information content (AvgIpc) is 2.40. The molecule has 1 unspecified atom stereocenters. The fourth-order valence-corrected chi connectivity index (χ4v) is 0.664. The van der Waals surface area contributed by atoms with Crippen molar-refractivity contribution in [1.82, 2.24) is 5.32 Å². The number of nitrogens with one attached hydrogen (secondary N) is 1. The van der Waals surface area contributed by atoms with E-state index in [1.54, 1.807) is 0 Å². The Kier molecular flexibility index (Phi) is 1.71. The Morgan fingerprint density at radius 1 is 1.67 bits per heavy atom. The lowest BCUT2D eigenvalue weighted by molar-refractivity contribution is -0.126. The van der Waals surface area contributed by atoms with Crippen LogP contribution in [-0.4, -0.2) is 12.1 Å². The van der Waals surface area contributed by atoms with Gasteiger partial charge >= 0.3 is 0 Å². The molecule has 51 valence electrons. The summed E-state index contributed by atoms with van der Waals surface area (Å²) in [5.74, 6) is 0.0823. The molecule has 0 saturated heterocycles. The van der Waals surface area contributed by atoms with Crippen molar-refractivity contribution in [3.8, 4) is 0 Å². The van der Waals surface area contributed by atoms with Crippen LogP contribution in [0.3, 0.4) is 0 Å². The first-order valence-corrected chi connectivity index (χ1v) is 3.16. The van der Waals surface area contributed by atoms with Crippen molar-refractivity contribution in [2.45, 2.75) is 26.0 Å². The summed E-state index contributed by atoms with van der Waals surface area (Å²) in [4.78, 5) is 10.7. The summed E-state index contributed by atoms with van der Waals surface area (Å²) in [5.41, 5.74) is 0. The van der Waals surface area contributed by atoms with Crippen LogP contribution in [0.2, 0.25) is 0 Å². The number of rotatable bonds is 2. The summed E-state index contributed by atoms with van der Waals surface area (Å²) in [6.07, 6.45) is 0.968. The van der Waals surface area contributed by atoms with E-state index in [1.165, 1.54) is 6.92 Å². The fraction of sp³-hybridized carbons (Fsp3) is 0.833. The molecule has 1 aliphatic rings. The number of carbonyl (C=O) groups excluding carboxylic acids is 1. The average molecular weight is 128 g/mol. The van der Waals surface area contributed by atoms with Crippen LogP contribution in [0, 0.1) is 5.92 Å². The number of hydrogen-bond donors (Lipinski definition) is 1. The van der Waals surface area contributed by atoms with E-state index in [2.05, 4.69) is 5.32 Å². The highest BCUT2D eigenvalue weighted by molar-refractivity contribution is 5.80. The second kappa shape index (κ2) is 2.35. The van der Waals surface area contributed by atoms with Gasteiger partial charge in [-0.3, -0.25) is 4.79 Å². The lowest BCUT2D eigenvalue weighted by Gasteiger charge is -2.02. The van der Waals surface area contributed by atoms with E-state index >= 15 is 0 Å². The standard InChI is InChI=1S/C6H10NO2/c1-4(8)7-6(9)5-2-3-5/h4-5H,2-3H2,1H3,(H,7,9). The minimum absolute atomic E-state index is 0.0718. The van der Waals surface area contributed by atoms with E-state index in [9.17, 15) is 9.90 Å². The SMILES string of the molecule is CC([O])NC(=O)C1CC1. The molecular weight excluding hydrogens is 118 g/mol.